The minimum atomic E-state index is -0.0962. The van der Waals surface area contributed by atoms with Crippen LogP contribution in [0.1, 0.15) is 58.7 Å². The first kappa shape index (κ1) is 15.0. The minimum absolute atomic E-state index is 0.0282. The van der Waals surface area contributed by atoms with Crippen LogP contribution in [0, 0.1) is 0 Å². The number of carbonyl (C=O) groups excluding carboxylic acids is 1. The number of hydrogen-bond acceptors (Lipinski definition) is 4. The van der Waals surface area contributed by atoms with E-state index < -0.39 is 0 Å². The van der Waals surface area contributed by atoms with Crippen molar-refractivity contribution in [3.63, 3.8) is 0 Å². The zero-order chi connectivity index (χ0) is 15.8. The van der Waals surface area contributed by atoms with Gasteiger partial charge in [0.1, 0.15) is 6.10 Å². The van der Waals surface area contributed by atoms with Crippen LogP contribution in [0.3, 0.4) is 0 Å². The molecule has 2 aromatic heterocycles. The lowest BCUT2D eigenvalue weighted by atomic mass is 9.81. The maximum Gasteiger partial charge on any atom is 0.289 e. The number of nitrogens with zero attached hydrogens (tertiary/aromatic N) is 1. The number of ether oxygens (including phenoxy) is 1. The quantitative estimate of drug-likeness (QED) is 0.846. The fraction of sp³-hybridized carbons (Fsp3) is 0.500. The van der Waals surface area contributed by atoms with Crippen molar-refractivity contribution in [1.82, 2.24) is 4.90 Å². The van der Waals surface area contributed by atoms with Crippen molar-refractivity contribution in [3.8, 4) is 0 Å². The summed E-state index contributed by atoms with van der Waals surface area (Å²) in [5, 5.41) is 2.16. The third-order valence-corrected chi connectivity index (χ3v) is 6.04. The SMILES string of the molecule is CN(C[C@H]1O[C@H]2CCCC[C@H]2c2sccc21)C(=O)c1ccco1. The van der Waals surface area contributed by atoms with Crippen molar-refractivity contribution < 1.29 is 13.9 Å². The second-order valence-electron chi connectivity index (χ2n) is 6.46. The van der Waals surface area contributed by atoms with E-state index in [9.17, 15) is 4.79 Å². The Bertz CT molecular complexity index is 678. The molecule has 0 aromatic carbocycles. The van der Waals surface area contributed by atoms with Gasteiger partial charge in [0.15, 0.2) is 5.76 Å². The Morgan fingerprint density at radius 1 is 1.35 bits per heavy atom. The van der Waals surface area contributed by atoms with E-state index >= 15 is 0 Å². The van der Waals surface area contributed by atoms with Gasteiger partial charge in [0, 0.05) is 17.8 Å². The Kier molecular flexibility index (Phi) is 3.99. The molecular weight excluding hydrogens is 310 g/mol. The fourth-order valence-electron chi connectivity index (χ4n) is 3.80. The van der Waals surface area contributed by atoms with Crippen molar-refractivity contribution in [1.29, 1.82) is 0 Å². The fourth-order valence-corrected chi connectivity index (χ4v) is 4.94. The van der Waals surface area contributed by atoms with E-state index in [4.69, 9.17) is 9.15 Å². The number of rotatable bonds is 3. The first-order valence-corrected chi connectivity index (χ1v) is 9.13. The predicted octanol–water partition coefficient (Wildman–Crippen LogP) is 4.21. The van der Waals surface area contributed by atoms with Crippen LogP contribution < -0.4 is 0 Å². The molecule has 0 spiro atoms. The number of hydrogen-bond donors (Lipinski definition) is 0. The van der Waals surface area contributed by atoms with E-state index in [2.05, 4.69) is 11.4 Å². The summed E-state index contributed by atoms with van der Waals surface area (Å²) in [6, 6.07) is 5.61. The molecule has 2 aliphatic rings. The second kappa shape index (κ2) is 6.13. The van der Waals surface area contributed by atoms with Crippen LogP contribution in [0.25, 0.3) is 0 Å². The number of amides is 1. The van der Waals surface area contributed by atoms with Gasteiger partial charge in [-0.25, -0.2) is 0 Å². The third-order valence-electron chi connectivity index (χ3n) is 4.97. The van der Waals surface area contributed by atoms with Gasteiger partial charge in [0.25, 0.3) is 5.91 Å². The number of furan rings is 1. The molecule has 4 nitrogen and oxygen atoms in total. The van der Waals surface area contributed by atoms with E-state index in [-0.39, 0.29) is 12.0 Å². The highest BCUT2D eigenvalue weighted by Crippen LogP contribution is 2.47. The van der Waals surface area contributed by atoms with Crippen LogP contribution >= 0.6 is 11.3 Å². The summed E-state index contributed by atoms with van der Waals surface area (Å²) in [6.45, 7) is 0.562. The average molecular weight is 331 g/mol. The Balaban J connectivity index is 1.54. The number of thiophene rings is 1. The Morgan fingerprint density at radius 2 is 2.22 bits per heavy atom. The lowest BCUT2D eigenvalue weighted by molar-refractivity contribution is -0.0636. The first-order valence-electron chi connectivity index (χ1n) is 8.26. The summed E-state index contributed by atoms with van der Waals surface area (Å²) in [4.78, 5) is 15.6. The molecule has 1 aliphatic carbocycles. The molecule has 1 fully saturated rings. The van der Waals surface area contributed by atoms with Gasteiger partial charge in [-0.1, -0.05) is 12.8 Å². The van der Waals surface area contributed by atoms with Crippen LogP contribution in [0.2, 0.25) is 0 Å². The summed E-state index contributed by atoms with van der Waals surface area (Å²) in [5.74, 6) is 0.839. The van der Waals surface area contributed by atoms with Gasteiger partial charge in [-0.05, 0) is 42.0 Å². The topological polar surface area (TPSA) is 42.7 Å². The maximum absolute atomic E-state index is 12.4. The molecule has 3 heterocycles. The number of likely N-dealkylation sites (N-methyl/N-ethyl adjacent to an activating group) is 1. The molecule has 23 heavy (non-hydrogen) atoms. The van der Waals surface area contributed by atoms with Gasteiger partial charge in [-0.2, -0.15) is 0 Å². The molecule has 122 valence electrons. The van der Waals surface area contributed by atoms with Gasteiger partial charge in [-0.3, -0.25) is 4.79 Å². The molecule has 4 rings (SSSR count). The Hall–Kier alpha value is -1.59. The highest BCUT2D eigenvalue weighted by Gasteiger charge is 2.38. The van der Waals surface area contributed by atoms with Crippen LogP contribution in [-0.4, -0.2) is 30.5 Å². The average Bonchev–Trinajstić information content (AvgIpc) is 3.26. The Morgan fingerprint density at radius 3 is 3.04 bits per heavy atom. The molecule has 5 heteroatoms. The lowest BCUT2D eigenvalue weighted by Gasteiger charge is -2.40. The molecule has 2 aromatic rings. The molecule has 0 saturated heterocycles. The van der Waals surface area contributed by atoms with E-state index in [1.807, 2.05) is 18.4 Å². The molecule has 0 radical (unpaired) electrons. The van der Waals surface area contributed by atoms with Crippen molar-refractivity contribution >= 4 is 17.2 Å². The largest absolute Gasteiger partial charge is 0.459 e. The molecule has 0 N–H and O–H groups in total. The molecule has 3 atom stereocenters. The van der Waals surface area contributed by atoms with Crippen molar-refractivity contribution in [3.05, 3.63) is 46.0 Å². The molecule has 1 aliphatic heterocycles. The van der Waals surface area contributed by atoms with E-state index in [0.717, 1.165) is 6.42 Å². The number of carbonyl (C=O) groups is 1. The predicted molar refractivity (Wildman–Crippen MR) is 88.8 cm³/mol. The van der Waals surface area contributed by atoms with Crippen LogP contribution in [0.15, 0.2) is 34.3 Å². The number of fused-ring (bicyclic) bond motifs is 3. The van der Waals surface area contributed by atoms with E-state index in [1.165, 1.54) is 36.0 Å². The highest BCUT2D eigenvalue weighted by atomic mass is 32.1. The maximum atomic E-state index is 12.4. The van der Waals surface area contributed by atoms with Crippen LogP contribution in [0.4, 0.5) is 0 Å². The minimum Gasteiger partial charge on any atom is -0.459 e. The highest BCUT2D eigenvalue weighted by molar-refractivity contribution is 7.10. The molecule has 0 unspecified atom stereocenters. The normalized spacial score (nSPS) is 26.4. The zero-order valence-electron chi connectivity index (χ0n) is 13.2. The third kappa shape index (κ3) is 2.72. The second-order valence-corrected chi connectivity index (χ2v) is 7.40. The molecule has 1 saturated carbocycles. The molecule has 1 amide bonds. The molecular formula is C18H21NO3S. The van der Waals surface area contributed by atoms with Crippen LogP contribution in [0.5, 0.6) is 0 Å². The monoisotopic (exact) mass is 331 g/mol. The summed E-state index contributed by atoms with van der Waals surface area (Å²) in [5.41, 5.74) is 1.28. The summed E-state index contributed by atoms with van der Waals surface area (Å²) >= 11 is 1.85. The Labute approximate surface area is 140 Å². The van der Waals surface area contributed by atoms with Crippen molar-refractivity contribution in [2.75, 3.05) is 13.6 Å². The van der Waals surface area contributed by atoms with Gasteiger partial charge < -0.3 is 14.1 Å². The summed E-state index contributed by atoms with van der Waals surface area (Å²) in [7, 11) is 1.81. The standard InChI is InChI=1S/C18H21NO3S/c1-19(18(20)15-7-4-9-21-15)11-16-13-8-10-23-17(13)12-5-2-3-6-14(12)22-16/h4,7-10,12,14,16H,2-3,5-6,11H2,1H3/t12-,14+,16-/m1/s1. The lowest BCUT2D eigenvalue weighted by Crippen LogP contribution is -2.38. The molecule has 0 bridgehead atoms. The first-order chi connectivity index (χ1) is 11.2. The van der Waals surface area contributed by atoms with E-state index in [1.54, 1.807) is 17.0 Å². The van der Waals surface area contributed by atoms with Crippen molar-refractivity contribution in [2.45, 2.75) is 43.8 Å². The summed E-state index contributed by atoms with van der Waals surface area (Å²) in [6.07, 6.45) is 6.72. The van der Waals surface area contributed by atoms with Gasteiger partial charge in [0.05, 0.1) is 18.9 Å². The van der Waals surface area contributed by atoms with E-state index in [0.29, 0.717) is 24.3 Å². The summed E-state index contributed by atoms with van der Waals surface area (Å²) < 4.78 is 11.6. The van der Waals surface area contributed by atoms with Crippen molar-refractivity contribution in [2.24, 2.45) is 0 Å². The zero-order valence-corrected chi connectivity index (χ0v) is 14.1. The van der Waals surface area contributed by atoms with Gasteiger partial charge >= 0.3 is 0 Å². The van der Waals surface area contributed by atoms with Crippen LogP contribution in [-0.2, 0) is 4.74 Å². The van der Waals surface area contributed by atoms with Gasteiger partial charge in [0.2, 0.25) is 0 Å². The smallest absolute Gasteiger partial charge is 0.289 e. The van der Waals surface area contributed by atoms with Gasteiger partial charge in [-0.15, -0.1) is 11.3 Å².